The number of carbonyl (C=O) groups excluding carboxylic acids is 1. The molecule has 0 saturated carbocycles. The predicted molar refractivity (Wildman–Crippen MR) is 115 cm³/mol. The van der Waals surface area contributed by atoms with Crippen molar-refractivity contribution in [1.29, 1.82) is 0 Å². The molecule has 2 aromatic heterocycles. The minimum atomic E-state index is 0.0232. The number of aromatic nitrogens is 1. The first-order chi connectivity index (χ1) is 13.6. The molecule has 1 fully saturated rings. The number of aryl methyl sites for hydroxylation is 1. The molecular formula is C21H23N3O2S2. The fraction of sp³-hybridized carbons (Fsp3) is 0.333. The molecule has 28 heavy (non-hydrogen) atoms. The van der Waals surface area contributed by atoms with Crippen LogP contribution in [0, 0.1) is 6.92 Å². The number of hydrogen-bond donors (Lipinski definition) is 0. The maximum Gasteiger partial charge on any atom is 0.265 e. The van der Waals surface area contributed by atoms with Crippen LogP contribution in [0.5, 0.6) is 0 Å². The van der Waals surface area contributed by atoms with E-state index in [1.165, 1.54) is 17.0 Å². The number of hydrogen-bond acceptors (Lipinski definition) is 6. The van der Waals surface area contributed by atoms with Crippen molar-refractivity contribution in [2.75, 3.05) is 38.3 Å². The number of benzene rings is 1. The molecule has 1 aliphatic heterocycles. The smallest absolute Gasteiger partial charge is 0.265 e. The van der Waals surface area contributed by atoms with E-state index >= 15 is 0 Å². The van der Waals surface area contributed by atoms with Crippen LogP contribution >= 0.6 is 22.7 Å². The Morgan fingerprint density at radius 2 is 1.96 bits per heavy atom. The van der Waals surface area contributed by atoms with Crippen LogP contribution in [0.2, 0.25) is 0 Å². The van der Waals surface area contributed by atoms with Crippen molar-refractivity contribution in [2.45, 2.75) is 13.5 Å². The van der Waals surface area contributed by atoms with Crippen molar-refractivity contribution in [3.63, 3.8) is 0 Å². The molecule has 3 aromatic rings. The highest BCUT2D eigenvalue weighted by Gasteiger charge is 2.20. The van der Waals surface area contributed by atoms with Gasteiger partial charge in [0.25, 0.3) is 5.91 Å². The molecular weight excluding hydrogens is 390 g/mol. The van der Waals surface area contributed by atoms with Crippen LogP contribution < -0.4 is 4.90 Å². The van der Waals surface area contributed by atoms with E-state index in [2.05, 4.69) is 34.1 Å². The van der Waals surface area contributed by atoms with Gasteiger partial charge in [-0.2, -0.15) is 0 Å². The number of morpholine rings is 1. The molecule has 7 heteroatoms. The van der Waals surface area contributed by atoms with Gasteiger partial charge in [-0.25, -0.2) is 4.98 Å². The minimum Gasteiger partial charge on any atom is -0.378 e. The van der Waals surface area contributed by atoms with Crippen molar-refractivity contribution in [3.05, 3.63) is 57.9 Å². The number of rotatable bonds is 5. The van der Waals surface area contributed by atoms with Gasteiger partial charge in [-0.05, 0) is 36.1 Å². The fourth-order valence-corrected chi connectivity index (χ4v) is 5.11. The summed E-state index contributed by atoms with van der Waals surface area (Å²) in [6.07, 6.45) is 0. The van der Waals surface area contributed by atoms with Gasteiger partial charge in [-0.15, -0.1) is 22.7 Å². The Morgan fingerprint density at radius 3 is 2.64 bits per heavy atom. The van der Waals surface area contributed by atoms with Gasteiger partial charge in [-0.1, -0.05) is 18.2 Å². The summed E-state index contributed by atoms with van der Waals surface area (Å²) in [4.78, 5) is 23.5. The lowest BCUT2D eigenvalue weighted by atomic mass is 10.1. The van der Waals surface area contributed by atoms with Crippen molar-refractivity contribution in [2.24, 2.45) is 0 Å². The molecule has 0 spiro atoms. The largest absolute Gasteiger partial charge is 0.378 e. The summed E-state index contributed by atoms with van der Waals surface area (Å²) in [6, 6.07) is 12.5. The molecule has 0 radical (unpaired) electrons. The van der Waals surface area contributed by atoms with Gasteiger partial charge in [-0.3, -0.25) is 4.79 Å². The highest BCUT2D eigenvalue weighted by molar-refractivity contribution is 7.22. The molecule has 1 aromatic carbocycles. The molecule has 0 atom stereocenters. The van der Waals surface area contributed by atoms with Gasteiger partial charge in [0.1, 0.15) is 9.88 Å². The Labute approximate surface area is 173 Å². The summed E-state index contributed by atoms with van der Waals surface area (Å²) < 4.78 is 5.41. The average Bonchev–Trinajstić information content (AvgIpc) is 3.38. The van der Waals surface area contributed by atoms with Gasteiger partial charge < -0.3 is 14.5 Å². The van der Waals surface area contributed by atoms with Crippen LogP contribution in [0.4, 0.5) is 5.69 Å². The SMILES string of the molecule is Cc1nc(-c2cccs2)sc1C(=O)N(C)Cc1ccc(N2CCOCC2)cc1. The van der Waals surface area contributed by atoms with Crippen molar-refractivity contribution < 1.29 is 9.53 Å². The van der Waals surface area contributed by atoms with E-state index in [4.69, 9.17) is 4.74 Å². The molecule has 0 N–H and O–H groups in total. The predicted octanol–water partition coefficient (Wildman–Crippen LogP) is 4.29. The number of thiophene rings is 1. The van der Waals surface area contributed by atoms with Crippen molar-refractivity contribution in [3.8, 4) is 9.88 Å². The van der Waals surface area contributed by atoms with E-state index in [0.717, 1.165) is 52.3 Å². The summed E-state index contributed by atoms with van der Waals surface area (Å²) in [5.74, 6) is 0.0232. The maximum absolute atomic E-state index is 12.9. The number of thiazole rings is 1. The molecule has 0 aliphatic carbocycles. The normalized spacial score (nSPS) is 14.3. The van der Waals surface area contributed by atoms with E-state index < -0.39 is 0 Å². The van der Waals surface area contributed by atoms with E-state index in [0.29, 0.717) is 6.54 Å². The first-order valence-corrected chi connectivity index (χ1v) is 11.0. The number of anilines is 1. The molecule has 4 rings (SSSR count). The molecule has 0 bridgehead atoms. The Morgan fingerprint density at radius 1 is 1.21 bits per heavy atom. The molecule has 1 saturated heterocycles. The topological polar surface area (TPSA) is 45.7 Å². The Kier molecular flexibility index (Phi) is 5.75. The Balaban J connectivity index is 1.43. The van der Waals surface area contributed by atoms with Crippen LogP contribution in [-0.4, -0.2) is 49.1 Å². The molecule has 5 nitrogen and oxygen atoms in total. The zero-order valence-electron chi connectivity index (χ0n) is 16.1. The highest BCUT2D eigenvalue weighted by Crippen LogP contribution is 2.31. The third kappa shape index (κ3) is 4.11. The first-order valence-electron chi connectivity index (χ1n) is 9.30. The number of amides is 1. The summed E-state index contributed by atoms with van der Waals surface area (Å²) >= 11 is 3.12. The second-order valence-corrected chi connectivity index (χ2v) is 8.78. The summed E-state index contributed by atoms with van der Waals surface area (Å²) in [5, 5.41) is 2.94. The van der Waals surface area contributed by atoms with Crippen LogP contribution in [-0.2, 0) is 11.3 Å². The third-order valence-corrected chi connectivity index (χ3v) is 6.99. The number of carbonyl (C=O) groups is 1. The monoisotopic (exact) mass is 413 g/mol. The molecule has 146 valence electrons. The van der Waals surface area contributed by atoms with Crippen LogP contribution in [0.25, 0.3) is 9.88 Å². The standard InChI is InChI=1S/C21H23N3O2S2/c1-15-19(28-20(22-15)18-4-3-13-27-18)21(25)23(2)14-16-5-7-17(8-6-16)24-9-11-26-12-10-24/h3-8,13H,9-12,14H2,1-2H3. The maximum atomic E-state index is 12.9. The van der Waals surface area contributed by atoms with Crippen LogP contribution in [0.15, 0.2) is 41.8 Å². The zero-order chi connectivity index (χ0) is 19.5. The fourth-order valence-electron chi connectivity index (χ4n) is 3.25. The van der Waals surface area contributed by atoms with E-state index in [1.807, 2.05) is 31.5 Å². The highest BCUT2D eigenvalue weighted by atomic mass is 32.1. The van der Waals surface area contributed by atoms with Gasteiger partial charge in [0, 0.05) is 32.4 Å². The van der Waals surface area contributed by atoms with Crippen LogP contribution in [0.1, 0.15) is 20.9 Å². The van der Waals surface area contributed by atoms with Gasteiger partial charge in [0.2, 0.25) is 0 Å². The average molecular weight is 414 g/mol. The second kappa shape index (κ2) is 8.43. The van der Waals surface area contributed by atoms with E-state index in [-0.39, 0.29) is 5.91 Å². The molecule has 0 unspecified atom stereocenters. The van der Waals surface area contributed by atoms with E-state index in [1.54, 1.807) is 16.2 Å². The lowest BCUT2D eigenvalue weighted by Gasteiger charge is -2.29. The van der Waals surface area contributed by atoms with E-state index in [9.17, 15) is 4.79 Å². The van der Waals surface area contributed by atoms with Crippen LogP contribution in [0.3, 0.4) is 0 Å². The number of nitrogens with zero attached hydrogens (tertiary/aromatic N) is 3. The summed E-state index contributed by atoms with van der Waals surface area (Å²) in [7, 11) is 1.85. The zero-order valence-corrected chi connectivity index (χ0v) is 17.7. The Hall–Kier alpha value is -2.22. The second-order valence-electron chi connectivity index (χ2n) is 6.84. The summed E-state index contributed by atoms with van der Waals surface area (Å²) in [5.41, 5.74) is 3.13. The van der Waals surface area contributed by atoms with Crippen molar-refractivity contribution >= 4 is 34.3 Å². The summed E-state index contributed by atoms with van der Waals surface area (Å²) in [6.45, 7) is 5.89. The van der Waals surface area contributed by atoms with Crippen molar-refractivity contribution in [1.82, 2.24) is 9.88 Å². The van der Waals surface area contributed by atoms with Gasteiger partial charge >= 0.3 is 0 Å². The molecule has 3 heterocycles. The van der Waals surface area contributed by atoms with Gasteiger partial charge in [0.05, 0.1) is 23.8 Å². The first kappa shape index (κ1) is 19.1. The lowest BCUT2D eigenvalue weighted by Crippen LogP contribution is -2.36. The van der Waals surface area contributed by atoms with Gasteiger partial charge in [0.15, 0.2) is 0 Å². The molecule has 1 amide bonds. The molecule has 1 aliphatic rings. The third-order valence-electron chi connectivity index (χ3n) is 4.80. The number of ether oxygens (including phenoxy) is 1. The minimum absolute atomic E-state index is 0.0232. The lowest BCUT2D eigenvalue weighted by molar-refractivity contribution is 0.0789. The Bertz CT molecular complexity index is 929. The quantitative estimate of drug-likeness (QED) is 0.626.